The van der Waals surface area contributed by atoms with Gasteiger partial charge in [-0.05, 0) is 11.8 Å². The molecule has 106 valence electrons. The van der Waals surface area contributed by atoms with Gasteiger partial charge in [0.2, 0.25) is 0 Å². The molecule has 0 aliphatic carbocycles. The summed E-state index contributed by atoms with van der Waals surface area (Å²) >= 11 is 0. The molecule has 0 aliphatic rings. The average molecular weight is 280 g/mol. The van der Waals surface area contributed by atoms with Crippen LogP contribution in [0.3, 0.4) is 0 Å². The summed E-state index contributed by atoms with van der Waals surface area (Å²) < 4.78 is 6.65. The molecule has 0 aromatic carbocycles. The zero-order valence-corrected chi connectivity index (χ0v) is 10.6. The number of aromatic nitrogens is 4. The quantitative estimate of drug-likeness (QED) is 0.593. The van der Waals surface area contributed by atoms with E-state index in [0.29, 0.717) is 12.3 Å². The summed E-state index contributed by atoms with van der Waals surface area (Å²) in [6, 6.07) is 1.06. The molecule has 0 radical (unpaired) electrons. The van der Waals surface area contributed by atoms with E-state index in [-0.39, 0.29) is 18.2 Å². The molecule has 20 heavy (non-hydrogen) atoms. The number of aromatic amines is 1. The van der Waals surface area contributed by atoms with Crippen molar-refractivity contribution in [1.82, 2.24) is 20.0 Å². The van der Waals surface area contributed by atoms with Gasteiger partial charge in [0.15, 0.2) is 5.69 Å². The Morgan fingerprint density at radius 2 is 2.45 bits per heavy atom. The lowest BCUT2D eigenvalue weighted by Gasteiger charge is -2.00. The molecular formula is C10H12N6O4. The number of nitrogens with one attached hydrogen (secondary N) is 2. The van der Waals surface area contributed by atoms with Gasteiger partial charge in [0.25, 0.3) is 5.91 Å². The largest absolute Gasteiger partial charge is 0.360 e. The Bertz CT molecular complexity index is 619. The summed E-state index contributed by atoms with van der Waals surface area (Å²) in [7, 11) is 0. The van der Waals surface area contributed by atoms with Gasteiger partial charge in [-0.2, -0.15) is 5.10 Å². The minimum Gasteiger partial charge on any atom is -0.360 e. The van der Waals surface area contributed by atoms with E-state index in [1.807, 2.05) is 6.92 Å². The summed E-state index contributed by atoms with van der Waals surface area (Å²) in [5.41, 5.74) is 0.370. The number of anilines is 1. The standard InChI is InChI=1S/C10H12N6O4/c1-2-20-6-15-5-7(4-11-15)12-10(17)8-3-9(14-13-8)16(18)19/h3-5H,2,6H2,1H3,(H,12,17)(H,13,14). The van der Waals surface area contributed by atoms with Crippen molar-refractivity contribution in [2.24, 2.45) is 0 Å². The summed E-state index contributed by atoms with van der Waals surface area (Å²) in [5.74, 6) is -0.910. The second-order valence-corrected chi connectivity index (χ2v) is 3.74. The zero-order valence-electron chi connectivity index (χ0n) is 10.6. The highest BCUT2D eigenvalue weighted by molar-refractivity contribution is 6.02. The van der Waals surface area contributed by atoms with E-state index < -0.39 is 10.8 Å². The van der Waals surface area contributed by atoms with Crippen molar-refractivity contribution in [2.75, 3.05) is 11.9 Å². The van der Waals surface area contributed by atoms with Crippen LogP contribution in [0.4, 0.5) is 11.5 Å². The Kier molecular flexibility index (Phi) is 4.05. The van der Waals surface area contributed by atoms with Crippen molar-refractivity contribution in [3.63, 3.8) is 0 Å². The molecule has 2 aromatic rings. The van der Waals surface area contributed by atoms with Crippen molar-refractivity contribution < 1.29 is 14.5 Å². The minimum absolute atomic E-state index is 0.0748. The van der Waals surface area contributed by atoms with Gasteiger partial charge in [-0.1, -0.05) is 5.10 Å². The predicted molar refractivity (Wildman–Crippen MR) is 67.0 cm³/mol. The molecule has 10 heteroatoms. The van der Waals surface area contributed by atoms with Crippen molar-refractivity contribution >= 4 is 17.4 Å². The third-order valence-corrected chi connectivity index (χ3v) is 2.31. The van der Waals surface area contributed by atoms with Gasteiger partial charge < -0.3 is 20.2 Å². The van der Waals surface area contributed by atoms with Gasteiger partial charge in [0.05, 0.1) is 24.1 Å². The van der Waals surface area contributed by atoms with Crippen LogP contribution in [-0.4, -0.2) is 37.4 Å². The third-order valence-electron chi connectivity index (χ3n) is 2.31. The molecule has 1 amide bonds. The van der Waals surface area contributed by atoms with Crippen molar-refractivity contribution in [3.05, 3.63) is 34.3 Å². The normalized spacial score (nSPS) is 10.4. The maximum atomic E-state index is 11.8. The summed E-state index contributed by atoms with van der Waals surface area (Å²) in [4.78, 5) is 21.6. The lowest BCUT2D eigenvalue weighted by atomic mass is 10.4. The van der Waals surface area contributed by atoms with Crippen LogP contribution >= 0.6 is 0 Å². The average Bonchev–Trinajstić information content (AvgIpc) is 3.05. The Labute approximate surface area is 112 Å². The maximum Gasteiger partial charge on any atom is 0.343 e. The topological polar surface area (TPSA) is 128 Å². The van der Waals surface area contributed by atoms with E-state index in [0.717, 1.165) is 6.07 Å². The smallest absolute Gasteiger partial charge is 0.343 e. The molecule has 0 fully saturated rings. The first-order chi connectivity index (χ1) is 9.60. The summed E-state index contributed by atoms with van der Waals surface area (Å²) in [5, 5.41) is 22.7. The van der Waals surface area contributed by atoms with Gasteiger partial charge in [-0.3, -0.25) is 4.79 Å². The zero-order chi connectivity index (χ0) is 14.5. The Morgan fingerprint density at radius 1 is 1.65 bits per heavy atom. The molecular weight excluding hydrogens is 268 g/mol. The minimum atomic E-state index is -0.663. The van der Waals surface area contributed by atoms with Crippen molar-refractivity contribution in [2.45, 2.75) is 13.7 Å². The van der Waals surface area contributed by atoms with Gasteiger partial charge in [-0.25, -0.2) is 4.68 Å². The van der Waals surface area contributed by atoms with E-state index in [4.69, 9.17) is 4.74 Å². The van der Waals surface area contributed by atoms with E-state index in [1.54, 1.807) is 6.20 Å². The van der Waals surface area contributed by atoms with Crippen LogP contribution in [0.15, 0.2) is 18.5 Å². The molecule has 0 bridgehead atoms. The highest BCUT2D eigenvalue weighted by Crippen LogP contribution is 2.11. The number of hydrogen-bond donors (Lipinski definition) is 2. The second-order valence-electron chi connectivity index (χ2n) is 3.74. The van der Waals surface area contributed by atoms with Crippen LogP contribution in [0, 0.1) is 10.1 Å². The summed E-state index contributed by atoms with van der Waals surface area (Å²) in [6.45, 7) is 2.69. The van der Waals surface area contributed by atoms with Crippen LogP contribution in [-0.2, 0) is 11.5 Å². The molecule has 10 nitrogen and oxygen atoms in total. The first kappa shape index (κ1) is 13.7. The molecule has 2 N–H and O–H groups in total. The number of amides is 1. The molecule has 0 unspecified atom stereocenters. The number of carbonyl (C=O) groups is 1. The number of H-pyrrole nitrogens is 1. The van der Waals surface area contributed by atoms with Crippen LogP contribution in [0.2, 0.25) is 0 Å². The Hall–Kier alpha value is -2.75. The van der Waals surface area contributed by atoms with Gasteiger partial charge in [0.1, 0.15) is 6.73 Å². The fourth-order valence-corrected chi connectivity index (χ4v) is 1.40. The van der Waals surface area contributed by atoms with E-state index in [2.05, 4.69) is 20.6 Å². The fraction of sp³-hybridized carbons (Fsp3) is 0.300. The first-order valence-electron chi connectivity index (χ1n) is 5.71. The lowest BCUT2D eigenvalue weighted by Crippen LogP contribution is -2.12. The molecule has 0 aliphatic heterocycles. The van der Waals surface area contributed by atoms with Gasteiger partial charge in [-0.15, -0.1) is 5.10 Å². The SMILES string of the molecule is CCOCn1cc(NC(=O)c2cc([N+](=O)[O-])[nH]n2)cn1. The number of carbonyl (C=O) groups excluding carboxylic acids is 1. The van der Waals surface area contributed by atoms with Crippen LogP contribution in [0.1, 0.15) is 17.4 Å². The monoisotopic (exact) mass is 280 g/mol. The predicted octanol–water partition coefficient (Wildman–Crippen LogP) is 0.761. The molecule has 0 atom stereocenters. The van der Waals surface area contributed by atoms with Gasteiger partial charge in [0, 0.05) is 6.61 Å². The number of nitrogens with zero attached hydrogens (tertiary/aromatic N) is 4. The van der Waals surface area contributed by atoms with Crippen LogP contribution in [0.25, 0.3) is 0 Å². The Balaban J connectivity index is 1.99. The molecule has 2 aromatic heterocycles. The molecule has 0 spiro atoms. The molecule has 0 saturated carbocycles. The van der Waals surface area contributed by atoms with E-state index >= 15 is 0 Å². The third kappa shape index (κ3) is 3.17. The van der Waals surface area contributed by atoms with Crippen LogP contribution < -0.4 is 5.32 Å². The number of hydrogen-bond acceptors (Lipinski definition) is 6. The van der Waals surface area contributed by atoms with E-state index in [9.17, 15) is 14.9 Å². The highest BCUT2D eigenvalue weighted by Gasteiger charge is 2.16. The number of rotatable bonds is 6. The number of ether oxygens (including phenoxy) is 1. The molecule has 2 rings (SSSR count). The molecule has 2 heterocycles. The molecule has 0 saturated heterocycles. The van der Waals surface area contributed by atoms with Crippen LogP contribution in [0.5, 0.6) is 0 Å². The maximum absolute atomic E-state index is 11.8. The number of nitro groups is 1. The van der Waals surface area contributed by atoms with Crippen molar-refractivity contribution in [1.29, 1.82) is 0 Å². The van der Waals surface area contributed by atoms with Crippen molar-refractivity contribution in [3.8, 4) is 0 Å². The van der Waals surface area contributed by atoms with E-state index in [1.165, 1.54) is 10.9 Å². The second kappa shape index (κ2) is 5.93. The highest BCUT2D eigenvalue weighted by atomic mass is 16.6. The fourth-order valence-electron chi connectivity index (χ4n) is 1.40. The Morgan fingerprint density at radius 3 is 3.10 bits per heavy atom. The van der Waals surface area contributed by atoms with Gasteiger partial charge >= 0.3 is 5.82 Å². The lowest BCUT2D eigenvalue weighted by molar-refractivity contribution is -0.389. The first-order valence-corrected chi connectivity index (χ1v) is 5.71. The summed E-state index contributed by atoms with van der Waals surface area (Å²) in [6.07, 6.45) is 3.02.